The molecule has 2 aromatic rings. The number of nitrogens with one attached hydrogen (secondary N) is 3. The average molecular weight is 481 g/mol. The van der Waals surface area contributed by atoms with E-state index in [-0.39, 0.29) is 18.8 Å². The Morgan fingerprint density at radius 3 is 2.54 bits per heavy atom. The van der Waals surface area contributed by atoms with Gasteiger partial charge in [0.2, 0.25) is 0 Å². The van der Waals surface area contributed by atoms with Crippen molar-refractivity contribution in [1.29, 1.82) is 0 Å². The van der Waals surface area contributed by atoms with Crippen LogP contribution in [0.1, 0.15) is 36.6 Å². The van der Waals surface area contributed by atoms with Crippen LogP contribution in [-0.4, -0.2) is 44.4 Å². The number of methoxy groups -OCH3 is 1. The van der Waals surface area contributed by atoms with E-state index < -0.39 is 23.9 Å². The highest BCUT2D eigenvalue weighted by Crippen LogP contribution is 2.34. The fourth-order valence-electron chi connectivity index (χ4n) is 3.41. The fraction of sp³-hybridized carbons (Fsp3) is 0.280. The minimum Gasteiger partial charge on any atom is -0.493 e. The van der Waals surface area contributed by atoms with Gasteiger partial charge in [0.05, 0.1) is 31.5 Å². The molecule has 35 heavy (non-hydrogen) atoms. The molecule has 3 amide bonds. The van der Waals surface area contributed by atoms with Gasteiger partial charge in [-0.3, -0.25) is 4.79 Å². The third kappa shape index (κ3) is 6.59. The number of nitrogens with zero attached hydrogens (tertiary/aromatic N) is 1. The van der Waals surface area contributed by atoms with Crippen molar-refractivity contribution >= 4 is 24.1 Å². The van der Waals surface area contributed by atoms with E-state index in [0.717, 1.165) is 11.1 Å². The van der Waals surface area contributed by atoms with Crippen LogP contribution in [0.2, 0.25) is 0 Å². The van der Waals surface area contributed by atoms with Crippen molar-refractivity contribution in [3.05, 3.63) is 70.4 Å². The fourth-order valence-corrected chi connectivity index (χ4v) is 3.41. The second kappa shape index (κ2) is 11.7. The lowest BCUT2D eigenvalue weighted by molar-refractivity contribution is -0.139. The Labute approximate surface area is 203 Å². The minimum atomic E-state index is -0.745. The van der Waals surface area contributed by atoms with Crippen LogP contribution >= 0.6 is 0 Å². The van der Waals surface area contributed by atoms with E-state index in [1.54, 1.807) is 32.0 Å². The Hall–Kier alpha value is -4.34. The van der Waals surface area contributed by atoms with Crippen LogP contribution in [0.25, 0.3) is 0 Å². The molecular weight excluding hydrogens is 452 g/mol. The molecular formula is C25H28N4O6. The first-order valence-electron chi connectivity index (χ1n) is 11.0. The first kappa shape index (κ1) is 25.3. The van der Waals surface area contributed by atoms with E-state index in [0.29, 0.717) is 22.8 Å². The van der Waals surface area contributed by atoms with Crippen LogP contribution in [0.15, 0.2) is 58.8 Å². The van der Waals surface area contributed by atoms with E-state index in [2.05, 4.69) is 21.2 Å². The molecule has 3 N–H and O–H groups in total. The summed E-state index contributed by atoms with van der Waals surface area (Å²) in [6.45, 7) is 5.23. The van der Waals surface area contributed by atoms with Crippen LogP contribution in [0.3, 0.4) is 0 Å². The number of hydrazone groups is 1. The number of carbonyl (C=O) groups excluding carboxylic acids is 3. The van der Waals surface area contributed by atoms with Crippen molar-refractivity contribution in [3.8, 4) is 11.5 Å². The molecule has 0 radical (unpaired) electrons. The molecule has 10 nitrogen and oxygen atoms in total. The summed E-state index contributed by atoms with van der Waals surface area (Å²) in [4.78, 5) is 36.7. The molecule has 0 saturated heterocycles. The number of amides is 3. The number of hydrogen-bond acceptors (Lipinski definition) is 7. The third-order valence-corrected chi connectivity index (χ3v) is 5.12. The van der Waals surface area contributed by atoms with E-state index in [9.17, 15) is 14.4 Å². The Morgan fingerprint density at radius 2 is 1.86 bits per heavy atom. The second-order valence-corrected chi connectivity index (χ2v) is 7.69. The summed E-state index contributed by atoms with van der Waals surface area (Å²) in [5.41, 5.74) is 5.66. The summed E-state index contributed by atoms with van der Waals surface area (Å²) >= 11 is 0. The zero-order valence-corrected chi connectivity index (χ0v) is 20.0. The largest absolute Gasteiger partial charge is 0.493 e. The molecule has 1 aliphatic rings. The van der Waals surface area contributed by atoms with Gasteiger partial charge in [-0.1, -0.05) is 35.9 Å². The smallest absolute Gasteiger partial charge is 0.338 e. The second-order valence-electron chi connectivity index (χ2n) is 7.69. The van der Waals surface area contributed by atoms with E-state index in [1.165, 1.54) is 13.3 Å². The highest BCUT2D eigenvalue weighted by atomic mass is 16.5. The summed E-state index contributed by atoms with van der Waals surface area (Å²) in [6.07, 6.45) is 1.54. The lowest BCUT2D eigenvalue weighted by Gasteiger charge is -2.28. The van der Waals surface area contributed by atoms with Crippen molar-refractivity contribution in [3.63, 3.8) is 0 Å². The number of hydrogen-bond donors (Lipinski definition) is 3. The number of ether oxygens (including phenoxy) is 3. The van der Waals surface area contributed by atoms with Crippen LogP contribution in [-0.2, 0) is 14.3 Å². The van der Waals surface area contributed by atoms with E-state index in [4.69, 9.17) is 14.2 Å². The molecule has 184 valence electrons. The Morgan fingerprint density at radius 1 is 1.11 bits per heavy atom. The number of aryl methyl sites for hydroxylation is 1. The van der Waals surface area contributed by atoms with Crippen molar-refractivity contribution < 1.29 is 28.6 Å². The molecule has 1 heterocycles. The highest BCUT2D eigenvalue weighted by molar-refractivity contribution is 5.95. The molecule has 0 aromatic heterocycles. The van der Waals surface area contributed by atoms with Crippen LogP contribution < -0.4 is 25.5 Å². The van der Waals surface area contributed by atoms with Gasteiger partial charge >= 0.3 is 12.0 Å². The molecule has 0 bridgehead atoms. The number of carbonyl (C=O) groups is 3. The molecule has 1 atom stereocenters. The Balaban J connectivity index is 1.69. The third-order valence-electron chi connectivity index (χ3n) is 5.12. The predicted molar refractivity (Wildman–Crippen MR) is 129 cm³/mol. The normalized spacial score (nSPS) is 15.3. The molecule has 1 aliphatic heterocycles. The topological polar surface area (TPSA) is 127 Å². The average Bonchev–Trinajstić information content (AvgIpc) is 2.83. The molecule has 0 fully saturated rings. The number of urea groups is 1. The molecule has 0 saturated carbocycles. The number of benzene rings is 2. The highest BCUT2D eigenvalue weighted by Gasteiger charge is 2.32. The number of rotatable bonds is 9. The quantitative estimate of drug-likeness (QED) is 0.288. The van der Waals surface area contributed by atoms with Gasteiger partial charge in [-0.05, 0) is 44.0 Å². The first-order chi connectivity index (χ1) is 16.8. The van der Waals surface area contributed by atoms with E-state index >= 15 is 0 Å². The van der Waals surface area contributed by atoms with Gasteiger partial charge in [0.15, 0.2) is 18.1 Å². The van der Waals surface area contributed by atoms with Crippen LogP contribution in [0, 0.1) is 6.92 Å². The van der Waals surface area contributed by atoms with Crippen molar-refractivity contribution in [1.82, 2.24) is 16.1 Å². The van der Waals surface area contributed by atoms with Crippen molar-refractivity contribution in [2.24, 2.45) is 5.10 Å². The molecule has 3 rings (SSSR count). The Kier molecular flexibility index (Phi) is 8.44. The zero-order valence-electron chi connectivity index (χ0n) is 20.0. The van der Waals surface area contributed by atoms with Crippen molar-refractivity contribution in [2.45, 2.75) is 26.8 Å². The van der Waals surface area contributed by atoms with Gasteiger partial charge in [0, 0.05) is 5.70 Å². The Bertz CT molecular complexity index is 1160. The van der Waals surface area contributed by atoms with Gasteiger partial charge in [0.1, 0.15) is 0 Å². The van der Waals surface area contributed by atoms with Gasteiger partial charge in [-0.25, -0.2) is 15.0 Å². The lowest BCUT2D eigenvalue weighted by Crippen LogP contribution is -2.45. The standard InChI is InChI=1S/C25H28N4O6/c1-5-34-24(31)22-16(3)27-25(32)28-23(22)18-10-11-19(20(12-18)33-4)35-14-21(30)29-26-13-17-8-6-15(2)7-9-17/h6-13,23H,5,14H2,1-4H3,(H,29,30)(H2,27,28,32)/b26-13-/t23-/m0/s1. The number of allylic oxidation sites excluding steroid dienone is 1. The predicted octanol–water partition coefficient (Wildman–Crippen LogP) is 2.72. The maximum atomic E-state index is 12.5. The monoisotopic (exact) mass is 480 g/mol. The lowest BCUT2D eigenvalue weighted by atomic mass is 9.95. The zero-order chi connectivity index (χ0) is 25.4. The molecule has 2 aromatic carbocycles. The van der Waals surface area contributed by atoms with Crippen molar-refractivity contribution in [2.75, 3.05) is 20.3 Å². The molecule has 0 aliphatic carbocycles. The summed E-state index contributed by atoms with van der Waals surface area (Å²) in [6, 6.07) is 11.4. The van der Waals surface area contributed by atoms with Crippen LogP contribution in [0.5, 0.6) is 11.5 Å². The van der Waals surface area contributed by atoms with Gasteiger partial charge in [-0.15, -0.1) is 0 Å². The maximum absolute atomic E-state index is 12.5. The molecule has 0 spiro atoms. The minimum absolute atomic E-state index is 0.198. The van der Waals surface area contributed by atoms with Gasteiger partial charge in [0.25, 0.3) is 5.91 Å². The summed E-state index contributed by atoms with van der Waals surface area (Å²) in [5, 5.41) is 9.24. The first-order valence-corrected chi connectivity index (χ1v) is 11.0. The summed E-state index contributed by atoms with van der Waals surface area (Å²) in [7, 11) is 1.45. The number of esters is 1. The van der Waals surface area contributed by atoms with E-state index in [1.807, 2.05) is 31.2 Å². The summed E-state index contributed by atoms with van der Waals surface area (Å²) < 4.78 is 16.1. The molecule has 10 heteroatoms. The molecule has 0 unspecified atom stereocenters. The SMILES string of the molecule is CCOC(=O)C1=C(C)NC(=O)N[C@H]1c1ccc(OCC(=O)N/N=C\c2ccc(C)cc2)c(OC)c1. The maximum Gasteiger partial charge on any atom is 0.338 e. The van der Waals surface area contributed by atoms with Crippen LogP contribution in [0.4, 0.5) is 4.79 Å². The summed E-state index contributed by atoms with van der Waals surface area (Å²) in [5.74, 6) is -0.349. The van der Waals surface area contributed by atoms with Gasteiger partial charge in [-0.2, -0.15) is 5.10 Å². The van der Waals surface area contributed by atoms with Gasteiger partial charge < -0.3 is 24.8 Å².